The predicted molar refractivity (Wildman–Crippen MR) is 124 cm³/mol. The van der Waals surface area contributed by atoms with Crippen molar-refractivity contribution < 1.29 is 9.53 Å². The number of aromatic nitrogens is 1. The molecule has 1 aromatic rings. The van der Waals surface area contributed by atoms with Crippen LogP contribution >= 0.6 is 0 Å². The average Bonchev–Trinajstić information content (AvgIpc) is 2.79. The van der Waals surface area contributed by atoms with Crippen molar-refractivity contribution in [2.24, 2.45) is 11.1 Å². The van der Waals surface area contributed by atoms with Gasteiger partial charge in [0, 0.05) is 39.4 Å². The number of allylic oxidation sites excluding steroid dienone is 2. The number of likely N-dealkylation sites (N-methyl/N-ethyl adjacent to an activating group) is 1. The first-order chi connectivity index (χ1) is 14.8. The quantitative estimate of drug-likeness (QED) is 0.781. The number of primary amides is 1. The normalized spacial score (nSPS) is 24.5. The van der Waals surface area contributed by atoms with Gasteiger partial charge in [0.25, 0.3) is 5.91 Å². The van der Waals surface area contributed by atoms with E-state index in [1.807, 2.05) is 6.07 Å². The van der Waals surface area contributed by atoms with Crippen LogP contribution in [0.25, 0.3) is 5.57 Å². The first-order valence-electron chi connectivity index (χ1n) is 11.9. The Morgan fingerprint density at radius 2 is 1.84 bits per heavy atom. The van der Waals surface area contributed by atoms with Crippen LogP contribution in [0.3, 0.4) is 0 Å². The van der Waals surface area contributed by atoms with Gasteiger partial charge in [0.1, 0.15) is 0 Å². The number of rotatable bonds is 5. The summed E-state index contributed by atoms with van der Waals surface area (Å²) in [5, 5.41) is 0. The smallest absolute Gasteiger partial charge is 0.250 e. The van der Waals surface area contributed by atoms with Crippen LogP contribution in [0.15, 0.2) is 18.2 Å². The maximum Gasteiger partial charge on any atom is 0.250 e. The second kappa shape index (κ2) is 9.00. The van der Waals surface area contributed by atoms with Crippen molar-refractivity contribution in [2.45, 2.75) is 58.4 Å². The summed E-state index contributed by atoms with van der Waals surface area (Å²) < 4.78 is 5.76. The Labute approximate surface area is 186 Å². The third kappa shape index (κ3) is 4.57. The summed E-state index contributed by atoms with van der Waals surface area (Å²) in [5.41, 5.74) is 9.54. The van der Waals surface area contributed by atoms with E-state index >= 15 is 0 Å². The van der Waals surface area contributed by atoms with E-state index in [4.69, 9.17) is 15.5 Å². The molecule has 0 unspecified atom stereocenters. The van der Waals surface area contributed by atoms with E-state index in [1.54, 1.807) is 0 Å². The number of hydrogen-bond acceptors (Lipinski definition) is 5. The molecule has 1 aromatic heterocycles. The molecule has 31 heavy (non-hydrogen) atoms. The standard InChI is InChI=1S/C25H38N4O2/c1-4-28-13-15-29(16-14-28)25(11-17-31-18-12-25)21-6-5-20(23(26)30)22(27-21)19-7-9-24(2,3)10-8-19/h5-7H,4,8-18H2,1-3H3,(H2,26,30). The van der Waals surface area contributed by atoms with Crippen molar-refractivity contribution in [2.75, 3.05) is 45.9 Å². The summed E-state index contributed by atoms with van der Waals surface area (Å²) in [6, 6.07) is 3.97. The minimum Gasteiger partial charge on any atom is -0.381 e. The van der Waals surface area contributed by atoms with Gasteiger partial charge in [-0.2, -0.15) is 0 Å². The monoisotopic (exact) mass is 426 g/mol. The molecule has 2 aliphatic heterocycles. The molecule has 3 aliphatic rings. The van der Waals surface area contributed by atoms with Gasteiger partial charge in [0.15, 0.2) is 0 Å². The Hall–Kier alpha value is -1.76. The fraction of sp³-hybridized carbons (Fsp3) is 0.680. The van der Waals surface area contributed by atoms with Crippen LogP contribution in [0.1, 0.15) is 74.6 Å². The number of hydrogen-bond donors (Lipinski definition) is 1. The summed E-state index contributed by atoms with van der Waals surface area (Å²) in [4.78, 5) is 22.6. The van der Waals surface area contributed by atoms with Crippen molar-refractivity contribution in [3.63, 3.8) is 0 Å². The van der Waals surface area contributed by atoms with Gasteiger partial charge in [-0.05, 0) is 61.8 Å². The number of nitrogens with two attached hydrogens (primary N) is 1. The number of piperazine rings is 1. The van der Waals surface area contributed by atoms with E-state index < -0.39 is 5.91 Å². The molecule has 6 heteroatoms. The van der Waals surface area contributed by atoms with Crippen molar-refractivity contribution in [3.8, 4) is 0 Å². The van der Waals surface area contributed by atoms with E-state index in [2.05, 4.69) is 42.7 Å². The lowest BCUT2D eigenvalue weighted by atomic mass is 9.77. The predicted octanol–water partition coefficient (Wildman–Crippen LogP) is 3.42. The Kier molecular flexibility index (Phi) is 6.52. The van der Waals surface area contributed by atoms with Gasteiger partial charge < -0.3 is 15.4 Å². The van der Waals surface area contributed by atoms with Crippen LogP contribution in [-0.4, -0.2) is 66.6 Å². The van der Waals surface area contributed by atoms with Crippen molar-refractivity contribution in [1.82, 2.24) is 14.8 Å². The summed E-state index contributed by atoms with van der Waals surface area (Å²) >= 11 is 0. The summed E-state index contributed by atoms with van der Waals surface area (Å²) in [7, 11) is 0. The Bertz CT molecular complexity index is 834. The molecule has 1 aliphatic carbocycles. The maximum absolute atomic E-state index is 12.2. The molecule has 2 saturated heterocycles. The van der Waals surface area contributed by atoms with E-state index in [1.165, 1.54) is 5.57 Å². The lowest BCUT2D eigenvalue weighted by Gasteiger charge is -2.49. The van der Waals surface area contributed by atoms with Gasteiger partial charge in [0.05, 0.1) is 22.5 Å². The van der Waals surface area contributed by atoms with Crippen LogP contribution in [0.4, 0.5) is 0 Å². The lowest BCUT2D eigenvalue weighted by molar-refractivity contribution is -0.0526. The van der Waals surface area contributed by atoms with Crippen LogP contribution in [-0.2, 0) is 10.3 Å². The molecule has 0 bridgehead atoms. The second-order valence-electron chi connectivity index (χ2n) is 10.1. The van der Waals surface area contributed by atoms with Crippen molar-refractivity contribution >= 4 is 11.5 Å². The van der Waals surface area contributed by atoms with Crippen LogP contribution in [0.2, 0.25) is 0 Å². The first kappa shape index (κ1) is 22.4. The Morgan fingerprint density at radius 3 is 2.42 bits per heavy atom. The van der Waals surface area contributed by atoms with Gasteiger partial charge in [-0.3, -0.25) is 14.7 Å². The third-order valence-corrected chi connectivity index (χ3v) is 7.66. The summed E-state index contributed by atoms with van der Waals surface area (Å²) in [6.07, 6.45) is 7.19. The molecule has 170 valence electrons. The minimum atomic E-state index is -0.391. The summed E-state index contributed by atoms with van der Waals surface area (Å²) in [6.45, 7) is 13.7. The fourth-order valence-corrected chi connectivity index (χ4v) is 5.39. The molecule has 0 atom stereocenters. The highest BCUT2D eigenvalue weighted by Gasteiger charge is 2.43. The fourth-order valence-electron chi connectivity index (χ4n) is 5.39. The zero-order valence-corrected chi connectivity index (χ0v) is 19.5. The number of pyridine rings is 1. The van der Waals surface area contributed by atoms with E-state index in [0.717, 1.165) is 89.4 Å². The van der Waals surface area contributed by atoms with Crippen molar-refractivity contribution in [1.29, 1.82) is 0 Å². The Morgan fingerprint density at radius 1 is 1.13 bits per heavy atom. The molecule has 1 amide bonds. The molecular weight excluding hydrogens is 388 g/mol. The van der Waals surface area contributed by atoms with E-state index in [9.17, 15) is 4.79 Å². The molecule has 0 saturated carbocycles. The molecule has 0 spiro atoms. The molecule has 4 rings (SSSR count). The van der Waals surface area contributed by atoms with Crippen molar-refractivity contribution in [3.05, 3.63) is 35.2 Å². The molecule has 3 heterocycles. The number of carbonyl (C=O) groups excluding carboxylic acids is 1. The third-order valence-electron chi connectivity index (χ3n) is 7.66. The van der Waals surface area contributed by atoms with Gasteiger partial charge in [-0.25, -0.2) is 0 Å². The summed E-state index contributed by atoms with van der Waals surface area (Å²) in [5.74, 6) is -0.391. The molecule has 2 fully saturated rings. The van der Waals surface area contributed by atoms with Gasteiger partial charge in [0.2, 0.25) is 0 Å². The number of amides is 1. The molecule has 6 nitrogen and oxygen atoms in total. The zero-order chi connectivity index (χ0) is 22.1. The largest absolute Gasteiger partial charge is 0.381 e. The topological polar surface area (TPSA) is 71.7 Å². The zero-order valence-electron chi connectivity index (χ0n) is 19.5. The SMILES string of the molecule is CCN1CCN(C2(c3ccc(C(N)=O)c(C4=CCC(C)(C)CC4)n3)CCOCC2)CC1. The van der Waals surface area contributed by atoms with Gasteiger partial charge >= 0.3 is 0 Å². The first-order valence-corrected chi connectivity index (χ1v) is 11.9. The Balaban J connectivity index is 1.72. The number of nitrogens with zero attached hydrogens (tertiary/aromatic N) is 3. The van der Waals surface area contributed by atoms with E-state index in [-0.39, 0.29) is 5.54 Å². The van der Waals surface area contributed by atoms with Crippen LogP contribution in [0, 0.1) is 5.41 Å². The molecule has 0 radical (unpaired) electrons. The maximum atomic E-state index is 12.2. The van der Waals surface area contributed by atoms with E-state index in [0.29, 0.717) is 11.0 Å². The highest BCUT2D eigenvalue weighted by molar-refractivity contribution is 5.97. The highest BCUT2D eigenvalue weighted by atomic mass is 16.5. The molecule has 2 N–H and O–H groups in total. The van der Waals surface area contributed by atoms with Gasteiger partial charge in [-0.15, -0.1) is 0 Å². The second-order valence-corrected chi connectivity index (χ2v) is 10.1. The molecule has 0 aromatic carbocycles. The van der Waals surface area contributed by atoms with Crippen LogP contribution in [0.5, 0.6) is 0 Å². The number of carbonyl (C=O) groups is 1. The van der Waals surface area contributed by atoms with Crippen LogP contribution < -0.4 is 5.73 Å². The number of ether oxygens (including phenoxy) is 1. The average molecular weight is 427 g/mol. The van der Waals surface area contributed by atoms with Gasteiger partial charge in [-0.1, -0.05) is 26.8 Å². The lowest BCUT2D eigenvalue weighted by Crippen LogP contribution is -2.57. The minimum absolute atomic E-state index is 0.127. The molecular formula is C25H38N4O2. The highest BCUT2D eigenvalue weighted by Crippen LogP contribution is 2.41.